The first-order chi connectivity index (χ1) is 8.58. The SMILES string of the molecule is CSCC(CCO)NC(=O)c1ccc(F)cc1C. The van der Waals surface area contributed by atoms with E-state index in [9.17, 15) is 9.18 Å². The highest BCUT2D eigenvalue weighted by molar-refractivity contribution is 7.98. The summed E-state index contributed by atoms with van der Waals surface area (Å²) in [5.74, 6) is 0.173. The van der Waals surface area contributed by atoms with Crippen LogP contribution < -0.4 is 5.32 Å². The van der Waals surface area contributed by atoms with Crippen molar-refractivity contribution in [3.63, 3.8) is 0 Å². The fourth-order valence-electron chi connectivity index (χ4n) is 1.70. The smallest absolute Gasteiger partial charge is 0.251 e. The number of aryl methyl sites for hydroxylation is 1. The molecule has 100 valence electrons. The Morgan fingerprint density at radius 2 is 2.28 bits per heavy atom. The van der Waals surface area contributed by atoms with Crippen molar-refractivity contribution in [2.75, 3.05) is 18.6 Å². The van der Waals surface area contributed by atoms with E-state index in [2.05, 4.69) is 5.32 Å². The molecule has 0 saturated carbocycles. The van der Waals surface area contributed by atoms with Gasteiger partial charge in [-0.2, -0.15) is 11.8 Å². The van der Waals surface area contributed by atoms with Crippen molar-refractivity contribution in [2.45, 2.75) is 19.4 Å². The van der Waals surface area contributed by atoms with Crippen molar-refractivity contribution in [3.8, 4) is 0 Å². The second-order valence-electron chi connectivity index (χ2n) is 4.10. The van der Waals surface area contributed by atoms with E-state index < -0.39 is 0 Å². The highest BCUT2D eigenvalue weighted by atomic mass is 32.2. The van der Waals surface area contributed by atoms with Crippen molar-refractivity contribution in [2.24, 2.45) is 0 Å². The Bertz CT molecular complexity index is 406. The Hall–Kier alpha value is -1.07. The molecule has 0 aliphatic heterocycles. The minimum atomic E-state index is -0.347. The normalized spacial score (nSPS) is 12.2. The molecule has 1 rings (SSSR count). The summed E-state index contributed by atoms with van der Waals surface area (Å²) in [4.78, 5) is 12.0. The standard InChI is InChI=1S/C13H18FNO2S/c1-9-7-10(14)3-4-12(9)13(17)15-11(5-6-16)8-18-2/h3-4,7,11,16H,5-6,8H2,1-2H3,(H,15,17). The first-order valence-corrected chi connectivity index (χ1v) is 7.14. The maximum absolute atomic E-state index is 12.9. The largest absolute Gasteiger partial charge is 0.396 e. The minimum Gasteiger partial charge on any atom is -0.396 e. The van der Waals surface area contributed by atoms with Crippen LogP contribution in [0.5, 0.6) is 0 Å². The Morgan fingerprint density at radius 1 is 1.56 bits per heavy atom. The zero-order valence-corrected chi connectivity index (χ0v) is 11.4. The Morgan fingerprint density at radius 3 is 2.83 bits per heavy atom. The molecule has 0 fully saturated rings. The van der Waals surface area contributed by atoms with Gasteiger partial charge in [0.25, 0.3) is 5.91 Å². The summed E-state index contributed by atoms with van der Waals surface area (Å²) in [5, 5.41) is 11.8. The van der Waals surface area contributed by atoms with Crippen LogP contribution in [-0.4, -0.2) is 35.7 Å². The Labute approximate surface area is 111 Å². The lowest BCUT2D eigenvalue weighted by Gasteiger charge is -2.17. The fraction of sp³-hybridized carbons (Fsp3) is 0.462. The molecule has 0 aliphatic carbocycles. The molecule has 1 aromatic rings. The topological polar surface area (TPSA) is 49.3 Å². The summed E-state index contributed by atoms with van der Waals surface area (Å²) in [6.45, 7) is 1.74. The summed E-state index contributed by atoms with van der Waals surface area (Å²) in [6, 6.07) is 4.03. The molecule has 5 heteroatoms. The molecule has 0 aromatic heterocycles. The molecule has 0 bridgehead atoms. The van der Waals surface area contributed by atoms with Crippen LogP contribution in [-0.2, 0) is 0 Å². The number of benzene rings is 1. The predicted molar refractivity (Wildman–Crippen MR) is 72.5 cm³/mol. The molecule has 18 heavy (non-hydrogen) atoms. The molecule has 0 aliphatic rings. The van der Waals surface area contributed by atoms with Crippen molar-refractivity contribution >= 4 is 17.7 Å². The van der Waals surface area contributed by atoms with E-state index in [4.69, 9.17) is 5.11 Å². The van der Waals surface area contributed by atoms with E-state index in [1.165, 1.54) is 18.2 Å². The monoisotopic (exact) mass is 271 g/mol. The number of rotatable bonds is 6. The first kappa shape index (κ1) is 15.0. The van der Waals surface area contributed by atoms with E-state index in [0.29, 0.717) is 17.5 Å². The van der Waals surface area contributed by atoms with Crippen molar-refractivity contribution < 1.29 is 14.3 Å². The van der Waals surface area contributed by atoms with Gasteiger partial charge in [-0.15, -0.1) is 0 Å². The third kappa shape index (κ3) is 4.31. The lowest BCUT2D eigenvalue weighted by molar-refractivity contribution is 0.0934. The molecule has 2 N–H and O–H groups in total. The van der Waals surface area contributed by atoms with Gasteiger partial charge >= 0.3 is 0 Å². The number of aliphatic hydroxyl groups excluding tert-OH is 1. The summed E-state index contributed by atoms with van der Waals surface area (Å²) in [5.41, 5.74) is 1.08. The molecule has 0 radical (unpaired) electrons. The van der Waals surface area contributed by atoms with Gasteiger partial charge in [-0.05, 0) is 43.4 Å². The van der Waals surface area contributed by atoms with Gasteiger partial charge in [-0.3, -0.25) is 4.79 Å². The molecule has 1 atom stereocenters. The van der Waals surface area contributed by atoms with Gasteiger partial charge in [0.05, 0.1) is 0 Å². The van der Waals surface area contributed by atoms with Gasteiger partial charge in [-0.1, -0.05) is 0 Å². The molecule has 1 unspecified atom stereocenters. The third-order valence-corrected chi connectivity index (χ3v) is 3.35. The lowest BCUT2D eigenvalue weighted by Crippen LogP contribution is -2.37. The summed E-state index contributed by atoms with van der Waals surface area (Å²) < 4.78 is 12.9. The van der Waals surface area contributed by atoms with Crippen LogP contribution in [0.15, 0.2) is 18.2 Å². The zero-order valence-electron chi connectivity index (χ0n) is 10.6. The highest BCUT2D eigenvalue weighted by Gasteiger charge is 2.14. The maximum atomic E-state index is 12.9. The Balaban J connectivity index is 2.73. The maximum Gasteiger partial charge on any atom is 0.251 e. The highest BCUT2D eigenvalue weighted by Crippen LogP contribution is 2.11. The van der Waals surface area contributed by atoms with Crippen LogP contribution in [0.4, 0.5) is 4.39 Å². The summed E-state index contributed by atoms with van der Waals surface area (Å²) in [7, 11) is 0. The minimum absolute atomic E-state index is 0.0356. The van der Waals surface area contributed by atoms with E-state index in [1.54, 1.807) is 18.7 Å². The van der Waals surface area contributed by atoms with Gasteiger partial charge < -0.3 is 10.4 Å². The van der Waals surface area contributed by atoms with Crippen LogP contribution >= 0.6 is 11.8 Å². The van der Waals surface area contributed by atoms with E-state index >= 15 is 0 Å². The lowest BCUT2D eigenvalue weighted by atomic mass is 10.1. The van der Waals surface area contributed by atoms with Crippen molar-refractivity contribution in [1.82, 2.24) is 5.32 Å². The predicted octanol–water partition coefficient (Wildman–Crippen LogP) is 1.98. The van der Waals surface area contributed by atoms with Crippen LogP contribution in [0.25, 0.3) is 0 Å². The molecular formula is C13H18FNO2S. The molecule has 0 spiro atoms. The van der Waals surface area contributed by atoms with Gasteiger partial charge in [0, 0.05) is 24.0 Å². The third-order valence-electron chi connectivity index (χ3n) is 2.61. The molecule has 3 nitrogen and oxygen atoms in total. The number of halogens is 1. The quantitative estimate of drug-likeness (QED) is 0.832. The number of aliphatic hydroxyl groups is 1. The van der Waals surface area contributed by atoms with E-state index in [1.807, 2.05) is 6.26 Å². The molecule has 1 amide bonds. The van der Waals surface area contributed by atoms with E-state index in [0.717, 1.165) is 5.75 Å². The van der Waals surface area contributed by atoms with Gasteiger partial charge in [-0.25, -0.2) is 4.39 Å². The van der Waals surface area contributed by atoms with Crippen molar-refractivity contribution in [3.05, 3.63) is 35.1 Å². The Kier molecular flexibility index (Phi) is 6.15. The van der Waals surface area contributed by atoms with Gasteiger partial charge in [0.2, 0.25) is 0 Å². The number of hydrogen-bond acceptors (Lipinski definition) is 3. The number of thioether (sulfide) groups is 1. The van der Waals surface area contributed by atoms with Crippen LogP contribution in [0, 0.1) is 12.7 Å². The van der Waals surface area contributed by atoms with Crippen LogP contribution in [0.2, 0.25) is 0 Å². The molecule has 0 heterocycles. The van der Waals surface area contributed by atoms with Crippen LogP contribution in [0.1, 0.15) is 22.3 Å². The van der Waals surface area contributed by atoms with Gasteiger partial charge in [0.15, 0.2) is 0 Å². The average Bonchev–Trinajstić information content (AvgIpc) is 2.29. The molecule has 1 aromatic carbocycles. The summed E-state index contributed by atoms with van der Waals surface area (Å²) >= 11 is 1.61. The van der Waals surface area contributed by atoms with E-state index in [-0.39, 0.29) is 24.4 Å². The first-order valence-electron chi connectivity index (χ1n) is 5.75. The number of nitrogens with one attached hydrogen (secondary N) is 1. The number of amides is 1. The number of carbonyl (C=O) groups excluding carboxylic acids is 1. The molecular weight excluding hydrogens is 253 g/mol. The van der Waals surface area contributed by atoms with Crippen LogP contribution in [0.3, 0.4) is 0 Å². The zero-order chi connectivity index (χ0) is 13.5. The second kappa shape index (κ2) is 7.38. The van der Waals surface area contributed by atoms with Gasteiger partial charge in [0.1, 0.15) is 5.82 Å². The molecule has 0 saturated heterocycles. The summed E-state index contributed by atoms with van der Waals surface area (Å²) in [6.07, 6.45) is 2.46. The number of hydrogen-bond donors (Lipinski definition) is 2. The average molecular weight is 271 g/mol. The van der Waals surface area contributed by atoms with Crippen molar-refractivity contribution in [1.29, 1.82) is 0 Å². The fourth-order valence-corrected chi connectivity index (χ4v) is 2.35. The number of carbonyl (C=O) groups is 1. The second-order valence-corrected chi connectivity index (χ2v) is 5.01.